The summed E-state index contributed by atoms with van der Waals surface area (Å²) in [5.41, 5.74) is 7.04. The molecule has 2 heterocycles. The zero-order valence-corrected chi connectivity index (χ0v) is 19.7. The number of Topliss-reactive ketones (excluding diaryl/α,β-unsaturated/α-hetero) is 1. The number of hydrogen-bond acceptors (Lipinski definition) is 3. The Hall–Kier alpha value is -2.43. The van der Waals surface area contributed by atoms with E-state index < -0.39 is 0 Å². The molecule has 33 heavy (non-hydrogen) atoms. The molecular formula is C29H35NO3. The van der Waals surface area contributed by atoms with Gasteiger partial charge in [0.15, 0.2) is 12.1 Å². The summed E-state index contributed by atoms with van der Waals surface area (Å²) in [6.07, 6.45) is 10.5. The molecule has 0 spiro atoms. The molecule has 1 aromatic heterocycles. The molecule has 2 aromatic carbocycles. The van der Waals surface area contributed by atoms with Crippen molar-refractivity contribution in [2.24, 2.45) is 0 Å². The Morgan fingerprint density at radius 1 is 1.03 bits per heavy atom. The van der Waals surface area contributed by atoms with Gasteiger partial charge in [-0.15, -0.1) is 0 Å². The van der Waals surface area contributed by atoms with Gasteiger partial charge in [-0.05, 0) is 68.6 Å². The Morgan fingerprint density at radius 3 is 2.64 bits per heavy atom. The molecule has 3 aromatic rings. The number of ketones is 1. The molecule has 1 aliphatic heterocycles. The number of aromatic nitrogens is 1. The highest BCUT2D eigenvalue weighted by Crippen LogP contribution is 2.43. The van der Waals surface area contributed by atoms with Crippen LogP contribution < -0.4 is 0 Å². The van der Waals surface area contributed by atoms with Crippen molar-refractivity contribution >= 4 is 16.7 Å². The van der Waals surface area contributed by atoms with Crippen LogP contribution in [0.3, 0.4) is 0 Å². The molecule has 2 aliphatic rings. The third-order valence-corrected chi connectivity index (χ3v) is 7.36. The lowest BCUT2D eigenvalue weighted by Crippen LogP contribution is -2.23. The predicted molar refractivity (Wildman–Crippen MR) is 133 cm³/mol. The van der Waals surface area contributed by atoms with Crippen LogP contribution in [0.5, 0.6) is 0 Å². The summed E-state index contributed by atoms with van der Waals surface area (Å²) >= 11 is 0. The normalized spacial score (nSPS) is 19.7. The fourth-order valence-corrected chi connectivity index (χ4v) is 5.59. The first kappa shape index (κ1) is 22.4. The molecule has 1 atom stereocenters. The van der Waals surface area contributed by atoms with Crippen molar-refractivity contribution in [2.45, 2.75) is 76.9 Å². The number of rotatable bonds is 7. The number of carbonyl (C=O) groups excluding carboxylic acids is 1. The van der Waals surface area contributed by atoms with Crippen molar-refractivity contribution in [2.75, 3.05) is 13.2 Å². The Bertz CT molecular complexity index is 1100. The maximum Gasteiger partial charge on any atom is 0.159 e. The van der Waals surface area contributed by atoms with Crippen LogP contribution in [0.4, 0.5) is 0 Å². The van der Waals surface area contributed by atoms with Gasteiger partial charge in [0.1, 0.15) is 0 Å². The van der Waals surface area contributed by atoms with E-state index in [9.17, 15) is 4.79 Å². The maximum absolute atomic E-state index is 12.0. The van der Waals surface area contributed by atoms with E-state index in [0.29, 0.717) is 12.5 Å². The molecule has 4 heteroatoms. The van der Waals surface area contributed by atoms with E-state index in [-0.39, 0.29) is 12.1 Å². The lowest BCUT2D eigenvalue weighted by molar-refractivity contribution is -0.161. The first-order valence-corrected chi connectivity index (χ1v) is 12.7. The highest BCUT2D eigenvalue weighted by Gasteiger charge is 2.25. The van der Waals surface area contributed by atoms with Crippen LogP contribution in [0, 0.1) is 0 Å². The van der Waals surface area contributed by atoms with Crippen molar-refractivity contribution in [3.8, 4) is 11.3 Å². The first-order chi connectivity index (χ1) is 16.2. The van der Waals surface area contributed by atoms with E-state index in [0.717, 1.165) is 36.9 Å². The van der Waals surface area contributed by atoms with E-state index in [1.807, 2.05) is 12.1 Å². The SMILES string of the molecule is CC(=O)c1ccc2c(C3CCCCC3)c(-c3ccccc3CCOC3CCCCO3)[nH]c2c1. The quantitative estimate of drug-likeness (QED) is 0.392. The standard InChI is InChI=1S/C29H35NO3/c1-20(31)23-14-15-25-26(19-23)30-29(28(25)22-10-3-2-4-11-22)24-12-6-5-9-21(24)16-18-33-27-13-7-8-17-32-27/h5-6,9,12,14-15,19,22,27,30H,2-4,7-8,10-11,13,16-18H2,1H3. The number of ether oxygens (including phenoxy) is 2. The predicted octanol–water partition coefficient (Wildman–Crippen LogP) is 7.17. The van der Waals surface area contributed by atoms with E-state index in [1.165, 1.54) is 66.3 Å². The Labute approximate surface area is 196 Å². The molecule has 5 rings (SSSR count). The lowest BCUT2D eigenvalue weighted by atomic mass is 9.81. The number of fused-ring (bicyclic) bond motifs is 1. The zero-order chi connectivity index (χ0) is 22.6. The Morgan fingerprint density at radius 2 is 1.85 bits per heavy atom. The minimum Gasteiger partial charge on any atom is -0.354 e. The number of aromatic amines is 1. The topological polar surface area (TPSA) is 51.3 Å². The minimum atomic E-state index is -0.0539. The number of H-pyrrole nitrogens is 1. The minimum absolute atomic E-state index is 0.0539. The van der Waals surface area contributed by atoms with Crippen molar-refractivity contribution in [1.29, 1.82) is 0 Å². The Kier molecular flexibility index (Phi) is 6.93. The largest absolute Gasteiger partial charge is 0.354 e. The lowest BCUT2D eigenvalue weighted by Gasteiger charge is -2.24. The van der Waals surface area contributed by atoms with Crippen LogP contribution in [-0.4, -0.2) is 30.3 Å². The summed E-state index contributed by atoms with van der Waals surface area (Å²) in [7, 11) is 0. The van der Waals surface area contributed by atoms with Gasteiger partial charge in [-0.2, -0.15) is 0 Å². The smallest absolute Gasteiger partial charge is 0.159 e. The van der Waals surface area contributed by atoms with Gasteiger partial charge in [-0.25, -0.2) is 0 Å². The fraction of sp³-hybridized carbons (Fsp3) is 0.483. The second kappa shape index (κ2) is 10.2. The highest BCUT2D eigenvalue weighted by molar-refractivity contribution is 6.00. The summed E-state index contributed by atoms with van der Waals surface area (Å²) in [6.45, 7) is 3.11. The van der Waals surface area contributed by atoms with Gasteiger partial charge in [-0.3, -0.25) is 4.79 Å². The molecule has 1 saturated heterocycles. The highest BCUT2D eigenvalue weighted by atomic mass is 16.7. The first-order valence-electron chi connectivity index (χ1n) is 12.7. The molecule has 0 amide bonds. The number of nitrogens with one attached hydrogen (secondary N) is 1. The Balaban J connectivity index is 1.49. The van der Waals surface area contributed by atoms with Gasteiger partial charge in [0.05, 0.1) is 12.3 Å². The van der Waals surface area contributed by atoms with Crippen molar-refractivity contribution in [3.05, 3.63) is 59.2 Å². The van der Waals surface area contributed by atoms with Crippen molar-refractivity contribution < 1.29 is 14.3 Å². The van der Waals surface area contributed by atoms with E-state index >= 15 is 0 Å². The monoisotopic (exact) mass is 445 g/mol. The summed E-state index contributed by atoms with van der Waals surface area (Å²) in [4.78, 5) is 15.8. The molecule has 0 radical (unpaired) electrons. The second-order valence-electron chi connectivity index (χ2n) is 9.64. The number of carbonyl (C=O) groups is 1. The summed E-state index contributed by atoms with van der Waals surface area (Å²) in [6, 6.07) is 14.9. The summed E-state index contributed by atoms with van der Waals surface area (Å²) in [5.74, 6) is 0.667. The van der Waals surface area contributed by atoms with E-state index in [2.05, 4.69) is 35.3 Å². The molecule has 1 saturated carbocycles. The van der Waals surface area contributed by atoms with Gasteiger partial charge in [0, 0.05) is 28.6 Å². The van der Waals surface area contributed by atoms with E-state index in [1.54, 1.807) is 6.92 Å². The summed E-state index contributed by atoms with van der Waals surface area (Å²) < 4.78 is 11.8. The van der Waals surface area contributed by atoms with Crippen LogP contribution in [0.2, 0.25) is 0 Å². The third-order valence-electron chi connectivity index (χ3n) is 7.36. The molecule has 0 bridgehead atoms. The molecule has 1 unspecified atom stereocenters. The van der Waals surface area contributed by atoms with Gasteiger partial charge in [-0.1, -0.05) is 55.7 Å². The van der Waals surface area contributed by atoms with Gasteiger partial charge in [0.25, 0.3) is 0 Å². The average Bonchev–Trinajstić information content (AvgIpc) is 3.24. The van der Waals surface area contributed by atoms with Crippen LogP contribution in [-0.2, 0) is 15.9 Å². The summed E-state index contributed by atoms with van der Waals surface area (Å²) in [5, 5.41) is 1.27. The molecule has 1 N–H and O–H groups in total. The second-order valence-corrected chi connectivity index (χ2v) is 9.64. The van der Waals surface area contributed by atoms with Gasteiger partial charge < -0.3 is 14.5 Å². The van der Waals surface area contributed by atoms with Crippen molar-refractivity contribution in [1.82, 2.24) is 4.98 Å². The zero-order valence-electron chi connectivity index (χ0n) is 19.7. The molecule has 1 aliphatic carbocycles. The van der Waals surface area contributed by atoms with Crippen LogP contribution in [0.25, 0.3) is 22.2 Å². The van der Waals surface area contributed by atoms with Crippen molar-refractivity contribution in [3.63, 3.8) is 0 Å². The average molecular weight is 446 g/mol. The molecular weight excluding hydrogens is 410 g/mol. The van der Waals surface area contributed by atoms with Crippen LogP contribution >= 0.6 is 0 Å². The van der Waals surface area contributed by atoms with Crippen LogP contribution in [0.1, 0.15) is 85.7 Å². The van der Waals surface area contributed by atoms with Crippen LogP contribution in [0.15, 0.2) is 42.5 Å². The van der Waals surface area contributed by atoms with E-state index in [4.69, 9.17) is 9.47 Å². The molecule has 4 nitrogen and oxygen atoms in total. The van der Waals surface area contributed by atoms with Gasteiger partial charge >= 0.3 is 0 Å². The molecule has 2 fully saturated rings. The maximum atomic E-state index is 12.0. The number of hydrogen-bond donors (Lipinski definition) is 1. The number of benzene rings is 2. The third kappa shape index (κ3) is 4.92. The van der Waals surface area contributed by atoms with Gasteiger partial charge in [0.2, 0.25) is 0 Å². The molecule has 174 valence electrons. The fourth-order valence-electron chi connectivity index (χ4n) is 5.59.